The number of carbonyl (C=O) groups is 2. The van der Waals surface area contributed by atoms with Gasteiger partial charge >= 0.3 is 5.97 Å². The van der Waals surface area contributed by atoms with Crippen LogP contribution in [0.5, 0.6) is 0 Å². The topological polar surface area (TPSA) is 84.2 Å². The van der Waals surface area contributed by atoms with Crippen molar-refractivity contribution in [1.82, 2.24) is 15.1 Å². The van der Waals surface area contributed by atoms with Crippen LogP contribution in [-0.2, 0) is 16.1 Å². The molecule has 0 radical (unpaired) electrons. The second kappa shape index (κ2) is 4.80. The summed E-state index contributed by atoms with van der Waals surface area (Å²) in [5, 5.41) is 15.8. The van der Waals surface area contributed by atoms with Gasteiger partial charge in [0, 0.05) is 5.69 Å². The van der Waals surface area contributed by atoms with Gasteiger partial charge < -0.3 is 10.4 Å². The highest BCUT2D eigenvalue weighted by atomic mass is 16.4. The Bertz CT molecular complexity index is 477. The summed E-state index contributed by atoms with van der Waals surface area (Å²) in [5.41, 5.74) is 1.73. The predicted molar refractivity (Wildman–Crippen MR) is 64.0 cm³/mol. The zero-order valence-corrected chi connectivity index (χ0v) is 10.5. The Morgan fingerprint density at radius 2 is 2.22 bits per heavy atom. The van der Waals surface area contributed by atoms with E-state index in [0.717, 1.165) is 24.2 Å². The van der Waals surface area contributed by atoms with Crippen LogP contribution in [0.1, 0.15) is 24.2 Å². The van der Waals surface area contributed by atoms with Crippen LogP contribution >= 0.6 is 0 Å². The van der Waals surface area contributed by atoms with Crippen molar-refractivity contribution in [3.63, 3.8) is 0 Å². The maximum absolute atomic E-state index is 11.8. The smallest absolute Gasteiger partial charge is 0.326 e. The van der Waals surface area contributed by atoms with Gasteiger partial charge in [0.1, 0.15) is 12.6 Å². The summed E-state index contributed by atoms with van der Waals surface area (Å²) in [6.07, 6.45) is 1.74. The molecule has 0 bridgehead atoms. The lowest BCUT2D eigenvalue weighted by Crippen LogP contribution is -2.43. The Hall–Kier alpha value is -1.85. The molecule has 1 atom stereocenters. The summed E-state index contributed by atoms with van der Waals surface area (Å²) < 4.78 is 1.58. The predicted octanol–water partition coefficient (Wildman–Crippen LogP) is 0.479. The average molecular weight is 251 g/mol. The van der Waals surface area contributed by atoms with E-state index in [1.54, 1.807) is 4.68 Å². The van der Waals surface area contributed by atoms with Crippen LogP contribution in [0, 0.1) is 19.8 Å². The van der Waals surface area contributed by atoms with Gasteiger partial charge in [0.05, 0.1) is 5.69 Å². The number of carbonyl (C=O) groups excluding carboxylic acids is 1. The number of aryl methyl sites for hydroxylation is 2. The Morgan fingerprint density at radius 1 is 1.56 bits per heavy atom. The molecule has 6 heteroatoms. The second-order valence-corrected chi connectivity index (χ2v) is 4.81. The van der Waals surface area contributed by atoms with E-state index in [9.17, 15) is 9.59 Å². The highest BCUT2D eigenvalue weighted by Crippen LogP contribution is 2.32. The van der Waals surface area contributed by atoms with Crippen molar-refractivity contribution in [3.8, 4) is 0 Å². The number of carboxylic acids is 1. The highest BCUT2D eigenvalue weighted by Gasteiger charge is 2.37. The molecule has 1 aliphatic carbocycles. The van der Waals surface area contributed by atoms with Gasteiger partial charge in [-0.15, -0.1) is 0 Å². The number of aromatic nitrogens is 2. The number of amides is 1. The minimum absolute atomic E-state index is 0.0656. The first kappa shape index (κ1) is 12.6. The van der Waals surface area contributed by atoms with Crippen LogP contribution in [0.15, 0.2) is 6.07 Å². The minimum Gasteiger partial charge on any atom is -0.480 e. The molecule has 0 spiro atoms. The Labute approximate surface area is 105 Å². The van der Waals surface area contributed by atoms with Crippen molar-refractivity contribution >= 4 is 11.9 Å². The molecule has 0 aromatic carbocycles. The largest absolute Gasteiger partial charge is 0.480 e. The molecule has 98 valence electrons. The van der Waals surface area contributed by atoms with E-state index in [1.807, 2.05) is 19.9 Å². The molecule has 1 unspecified atom stereocenters. The molecule has 6 nitrogen and oxygen atoms in total. The number of aliphatic carboxylic acids is 1. The van der Waals surface area contributed by atoms with Crippen LogP contribution in [0.25, 0.3) is 0 Å². The van der Waals surface area contributed by atoms with Gasteiger partial charge in [-0.05, 0) is 38.7 Å². The number of nitrogens with one attached hydrogen (secondary N) is 1. The Kier molecular flexibility index (Phi) is 3.36. The van der Waals surface area contributed by atoms with E-state index in [-0.39, 0.29) is 18.4 Å². The maximum Gasteiger partial charge on any atom is 0.326 e. The van der Waals surface area contributed by atoms with Gasteiger partial charge in [-0.2, -0.15) is 5.10 Å². The number of hydrogen-bond donors (Lipinski definition) is 2. The number of nitrogens with zero attached hydrogens (tertiary/aromatic N) is 2. The minimum atomic E-state index is -0.959. The fraction of sp³-hybridized carbons (Fsp3) is 0.583. The first-order valence-electron chi connectivity index (χ1n) is 6.00. The summed E-state index contributed by atoms with van der Waals surface area (Å²) >= 11 is 0. The number of hydrogen-bond acceptors (Lipinski definition) is 3. The molecular weight excluding hydrogens is 234 g/mol. The van der Waals surface area contributed by atoms with Gasteiger partial charge in [0.25, 0.3) is 0 Å². The van der Waals surface area contributed by atoms with Gasteiger partial charge in [-0.1, -0.05) is 0 Å². The first-order chi connectivity index (χ1) is 8.47. The van der Waals surface area contributed by atoms with Crippen molar-refractivity contribution in [1.29, 1.82) is 0 Å². The molecule has 1 aliphatic rings. The summed E-state index contributed by atoms with van der Waals surface area (Å²) in [5.74, 6) is -1.17. The summed E-state index contributed by atoms with van der Waals surface area (Å²) in [4.78, 5) is 22.8. The Morgan fingerprint density at radius 3 is 2.67 bits per heavy atom. The van der Waals surface area contributed by atoms with E-state index in [0.29, 0.717) is 0 Å². The quantitative estimate of drug-likeness (QED) is 0.797. The van der Waals surface area contributed by atoms with Crippen molar-refractivity contribution in [3.05, 3.63) is 17.5 Å². The fourth-order valence-corrected chi connectivity index (χ4v) is 2.00. The molecule has 0 saturated heterocycles. The van der Waals surface area contributed by atoms with Gasteiger partial charge in [-0.25, -0.2) is 4.79 Å². The number of carboxylic acid groups (broad SMARTS) is 1. The molecule has 1 amide bonds. The third-order valence-electron chi connectivity index (χ3n) is 3.07. The zero-order chi connectivity index (χ0) is 13.3. The van der Waals surface area contributed by atoms with Crippen molar-refractivity contribution in [2.75, 3.05) is 0 Å². The first-order valence-corrected chi connectivity index (χ1v) is 6.00. The van der Waals surface area contributed by atoms with E-state index < -0.39 is 12.0 Å². The lowest BCUT2D eigenvalue weighted by Gasteiger charge is -2.13. The van der Waals surface area contributed by atoms with Crippen molar-refractivity contribution in [2.24, 2.45) is 5.92 Å². The molecule has 1 aromatic rings. The van der Waals surface area contributed by atoms with Gasteiger partial charge in [0.15, 0.2) is 0 Å². The summed E-state index contributed by atoms with van der Waals surface area (Å²) in [6.45, 7) is 3.78. The van der Waals surface area contributed by atoms with Crippen molar-refractivity contribution < 1.29 is 14.7 Å². The third kappa shape index (κ3) is 2.88. The van der Waals surface area contributed by atoms with Crippen LogP contribution < -0.4 is 5.32 Å². The standard InChI is InChI=1S/C12H17N3O3/c1-7-5-8(2)15(14-7)6-10(16)13-11(12(17)18)9-3-4-9/h5,9,11H,3-4,6H2,1-2H3,(H,13,16)(H,17,18). The van der Waals surface area contributed by atoms with E-state index in [4.69, 9.17) is 5.11 Å². The van der Waals surface area contributed by atoms with Crippen LogP contribution in [0.2, 0.25) is 0 Å². The monoisotopic (exact) mass is 251 g/mol. The van der Waals surface area contributed by atoms with E-state index in [1.165, 1.54) is 0 Å². The molecular formula is C12H17N3O3. The van der Waals surface area contributed by atoms with Gasteiger partial charge in [0.2, 0.25) is 5.91 Å². The maximum atomic E-state index is 11.8. The lowest BCUT2D eigenvalue weighted by atomic mass is 10.2. The second-order valence-electron chi connectivity index (χ2n) is 4.81. The Balaban J connectivity index is 1.95. The SMILES string of the molecule is Cc1cc(C)n(CC(=O)NC(C(=O)O)C2CC2)n1. The molecule has 1 heterocycles. The lowest BCUT2D eigenvalue weighted by molar-refractivity contribution is -0.142. The van der Waals surface area contributed by atoms with Gasteiger partial charge in [-0.3, -0.25) is 9.48 Å². The fourth-order valence-electron chi connectivity index (χ4n) is 2.00. The molecule has 1 fully saturated rings. The molecule has 18 heavy (non-hydrogen) atoms. The van der Waals surface area contributed by atoms with E-state index >= 15 is 0 Å². The summed E-state index contributed by atoms with van der Waals surface area (Å²) in [7, 11) is 0. The molecule has 2 rings (SSSR count). The molecule has 1 aromatic heterocycles. The van der Waals surface area contributed by atoms with E-state index in [2.05, 4.69) is 10.4 Å². The average Bonchev–Trinajstić information content (AvgIpc) is 3.03. The zero-order valence-electron chi connectivity index (χ0n) is 10.5. The molecule has 1 saturated carbocycles. The number of rotatable bonds is 5. The van der Waals surface area contributed by atoms with Crippen molar-refractivity contribution in [2.45, 2.75) is 39.3 Å². The summed E-state index contributed by atoms with van der Waals surface area (Å²) in [6, 6.07) is 1.12. The molecule has 2 N–H and O–H groups in total. The molecule has 0 aliphatic heterocycles. The normalized spacial score (nSPS) is 16.3. The van der Waals surface area contributed by atoms with Crippen LogP contribution in [-0.4, -0.2) is 32.8 Å². The highest BCUT2D eigenvalue weighted by molar-refractivity contribution is 5.83. The van der Waals surface area contributed by atoms with Crippen LogP contribution in [0.3, 0.4) is 0 Å². The third-order valence-corrected chi connectivity index (χ3v) is 3.07. The van der Waals surface area contributed by atoms with Crippen LogP contribution in [0.4, 0.5) is 0 Å².